The molecule has 1 atom stereocenters. The highest BCUT2D eigenvalue weighted by atomic mass is 16.5. The molecule has 0 amide bonds. The number of rotatable bonds is 3. The van der Waals surface area contributed by atoms with Gasteiger partial charge in [-0.2, -0.15) is 5.26 Å². The maximum atomic E-state index is 8.85. The predicted octanol–water partition coefficient (Wildman–Crippen LogP) is 2.74. The molecule has 0 saturated heterocycles. The van der Waals surface area contributed by atoms with Crippen LogP contribution in [0.5, 0.6) is 0 Å². The van der Waals surface area contributed by atoms with Crippen LogP contribution in [0.1, 0.15) is 12.0 Å². The zero-order chi connectivity index (χ0) is 12.8. The molecule has 1 unspecified atom stereocenters. The first-order valence-corrected chi connectivity index (χ1v) is 5.70. The molecule has 0 bridgehead atoms. The minimum absolute atomic E-state index is 0.467. The van der Waals surface area contributed by atoms with Crippen LogP contribution in [0, 0.1) is 11.3 Å². The molecule has 90 valence electrons. The molecule has 0 radical (unpaired) electrons. The van der Waals surface area contributed by atoms with E-state index in [1.165, 1.54) is 0 Å². The SMILES string of the molecule is N#CC1(N)C=CC(OC=Cc2ccccc2)=CC1. The van der Waals surface area contributed by atoms with Gasteiger partial charge in [-0.05, 0) is 29.9 Å². The van der Waals surface area contributed by atoms with Gasteiger partial charge in [0.2, 0.25) is 0 Å². The van der Waals surface area contributed by atoms with E-state index in [1.54, 1.807) is 18.4 Å². The molecule has 2 N–H and O–H groups in total. The minimum Gasteiger partial charge on any atom is -0.465 e. The predicted molar refractivity (Wildman–Crippen MR) is 70.9 cm³/mol. The quantitative estimate of drug-likeness (QED) is 0.824. The second-order valence-corrected chi connectivity index (χ2v) is 4.13. The monoisotopic (exact) mass is 238 g/mol. The normalized spacial score (nSPS) is 22.6. The van der Waals surface area contributed by atoms with Gasteiger partial charge >= 0.3 is 0 Å². The molecule has 3 heteroatoms. The van der Waals surface area contributed by atoms with Crippen LogP contribution in [0.15, 0.2) is 60.6 Å². The van der Waals surface area contributed by atoms with Crippen molar-refractivity contribution in [3.8, 4) is 6.07 Å². The highest BCUT2D eigenvalue weighted by molar-refractivity contribution is 5.47. The van der Waals surface area contributed by atoms with Crippen molar-refractivity contribution in [1.29, 1.82) is 5.26 Å². The molecule has 0 heterocycles. The number of benzene rings is 1. The summed E-state index contributed by atoms with van der Waals surface area (Å²) in [5.41, 5.74) is 5.95. The lowest BCUT2D eigenvalue weighted by Crippen LogP contribution is -2.36. The number of ether oxygens (including phenoxy) is 1. The summed E-state index contributed by atoms with van der Waals surface area (Å²) in [4.78, 5) is 0. The smallest absolute Gasteiger partial charge is 0.126 e. The van der Waals surface area contributed by atoms with Gasteiger partial charge in [-0.25, -0.2) is 0 Å². The van der Waals surface area contributed by atoms with Gasteiger partial charge in [-0.1, -0.05) is 30.3 Å². The van der Waals surface area contributed by atoms with Gasteiger partial charge < -0.3 is 10.5 Å². The van der Waals surface area contributed by atoms with Crippen molar-refractivity contribution >= 4 is 6.08 Å². The van der Waals surface area contributed by atoms with Crippen molar-refractivity contribution in [2.45, 2.75) is 12.0 Å². The molecular weight excluding hydrogens is 224 g/mol. The van der Waals surface area contributed by atoms with Crippen LogP contribution in [0.3, 0.4) is 0 Å². The van der Waals surface area contributed by atoms with Crippen LogP contribution < -0.4 is 5.73 Å². The van der Waals surface area contributed by atoms with E-state index in [4.69, 9.17) is 15.7 Å². The Morgan fingerprint density at radius 3 is 2.72 bits per heavy atom. The first-order valence-electron chi connectivity index (χ1n) is 5.70. The maximum Gasteiger partial charge on any atom is 0.126 e. The lowest BCUT2D eigenvalue weighted by molar-refractivity contribution is 0.364. The molecule has 3 nitrogen and oxygen atoms in total. The summed E-state index contributed by atoms with van der Waals surface area (Å²) in [6.45, 7) is 0. The topological polar surface area (TPSA) is 59.0 Å². The molecule has 1 aromatic rings. The summed E-state index contributed by atoms with van der Waals surface area (Å²) in [5, 5.41) is 8.85. The van der Waals surface area contributed by atoms with Crippen molar-refractivity contribution in [3.63, 3.8) is 0 Å². The third kappa shape index (κ3) is 3.09. The van der Waals surface area contributed by atoms with Crippen molar-refractivity contribution in [1.82, 2.24) is 0 Å². The second-order valence-electron chi connectivity index (χ2n) is 4.13. The van der Waals surface area contributed by atoms with Gasteiger partial charge in [0.05, 0.1) is 12.3 Å². The van der Waals surface area contributed by atoms with Gasteiger partial charge in [0.15, 0.2) is 0 Å². The van der Waals surface area contributed by atoms with Crippen LogP contribution in [-0.2, 0) is 4.74 Å². The number of nitriles is 1. The lowest BCUT2D eigenvalue weighted by atomic mass is 9.94. The Morgan fingerprint density at radius 2 is 2.11 bits per heavy atom. The summed E-state index contributed by atoms with van der Waals surface area (Å²) < 4.78 is 5.45. The molecular formula is C15H14N2O. The molecule has 2 rings (SSSR count). The molecule has 0 fully saturated rings. The second kappa shape index (κ2) is 5.35. The van der Waals surface area contributed by atoms with Gasteiger partial charge in [-0.15, -0.1) is 0 Å². The average Bonchev–Trinajstić information content (AvgIpc) is 2.42. The summed E-state index contributed by atoms with van der Waals surface area (Å²) in [6, 6.07) is 11.9. The first kappa shape index (κ1) is 12.2. The van der Waals surface area contributed by atoms with Gasteiger partial charge in [0.25, 0.3) is 0 Å². The van der Waals surface area contributed by atoms with E-state index < -0.39 is 5.54 Å². The molecule has 0 spiro atoms. The molecule has 18 heavy (non-hydrogen) atoms. The van der Waals surface area contributed by atoms with E-state index in [2.05, 4.69) is 6.07 Å². The largest absolute Gasteiger partial charge is 0.465 e. The summed E-state index contributed by atoms with van der Waals surface area (Å²) in [7, 11) is 0. The molecule has 1 aliphatic carbocycles. The highest BCUT2D eigenvalue weighted by Gasteiger charge is 2.22. The fourth-order valence-electron chi connectivity index (χ4n) is 1.56. The standard InChI is InChI=1S/C15H14N2O/c16-12-15(17)9-6-14(7-10-15)18-11-8-13-4-2-1-3-5-13/h1-9,11H,10,17H2. The third-order valence-corrected chi connectivity index (χ3v) is 2.66. The first-order chi connectivity index (χ1) is 8.72. The van der Waals surface area contributed by atoms with Crippen LogP contribution in [0.4, 0.5) is 0 Å². The molecule has 0 aliphatic heterocycles. The van der Waals surface area contributed by atoms with E-state index in [-0.39, 0.29) is 0 Å². The van der Waals surface area contributed by atoms with E-state index in [9.17, 15) is 0 Å². The van der Waals surface area contributed by atoms with Crippen LogP contribution >= 0.6 is 0 Å². The zero-order valence-corrected chi connectivity index (χ0v) is 9.91. The van der Waals surface area contributed by atoms with E-state index in [0.29, 0.717) is 12.2 Å². The van der Waals surface area contributed by atoms with Crippen molar-refractivity contribution < 1.29 is 4.74 Å². The minimum atomic E-state index is -0.893. The third-order valence-electron chi connectivity index (χ3n) is 2.66. The molecule has 1 aliphatic rings. The van der Waals surface area contributed by atoms with E-state index in [0.717, 1.165) is 5.56 Å². The van der Waals surface area contributed by atoms with E-state index >= 15 is 0 Å². The number of hydrogen-bond donors (Lipinski definition) is 1. The number of nitrogens with two attached hydrogens (primary N) is 1. The summed E-state index contributed by atoms with van der Waals surface area (Å²) in [5.74, 6) is 0.707. The maximum absolute atomic E-state index is 8.85. The lowest BCUT2D eigenvalue weighted by Gasteiger charge is -2.18. The van der Waals surface area contributed by atoms with Crippen LogP contribution in [0.25, 0.3) is 6.08 Å². The van der Waals surface area contributed by atoms with Gasteiger partial charge in [0.1, 0.15) is 11.3 Å². The Hall–Kier alpha value is -2.31. The van der Waals surface area contributed by atoms with Crippen LogP contribution in [0.2, 0.25) is 0 Å². The fourth-order valence-corrected chi connectivity index (χ4v) is 1.56. The van der Waals surface area contributed by atoms with Gasteiger partial charge in [0, 0.05) is 6.42 Å². The van der Waals surface area contributed by atoms with Gasteiger partial charge in [-0.3, -0.25) is 0 Å². The average molecular weight is 238 g/mol. The Bertz CT molecular complexity index is 537. The zero-order valence-electron chi connectivity index (χ0n) is 9.91. The van der Waals surface area contributed by atoms with Crippen LogP contribution in [-0.4, -0.2) is 5.54 Å². The number of nitrogens with zero attached hydrogens (tertiary/aromatic N) is 1. The summed E-state index contributed by atoms with van der Waals surface area (Å²) >= 11 is 0. The fraction of sp³-hybridized carbons (Fsp3) is 0.133. The Labute approximate surface area is 106 Å². The van der Waals surface area contributed by atoms with E-state index in [1.807, 2.05) is 42.5 Å². The summed E-state index contributed by atoms with van der Waals surface area (Å²) in [6.07, 6.45) is 9.18. The Morgan fingerprint density at radius 1 is 1.33 bits per heavy atom. The van der Waals surface area contributed by atoms with Crippen molar-refractivity contribution in [3.05, 3.63) is 66.1 Å². The number of allylic oxidation sites excluding steroid dienone is 1. The Balaban J connectivity index is 1.92. The number of hydrogen-bond acceptors (Lipinski definition) is 3. The van der Waals surface area contributed by atoms with Crippen molar-refractivity contribution in [2.24, 2.45) is 5.73 Å². The van der Waals surface area contributed by atoms with Crippen molar-refractivity contribution in [2.75, 3.05) is 0 Å². The molecule has 0 aromatic heterocycles. The molecule has 1 aromatic carbocycles. The highest BCUT2D eigenvalue weighted by Crippen LogP contribution is 2.18. The molecule has 0 saturated carbocycles. The Kier molecular flexibility index (Phi) is 3.61.